The van der Waals surface area contributed by atoms with Gasteiger partial charge >= 0.3 is 17.9 Å². The Morgan fingerprint density at radius 1 is 0.660 bits per heavy atom. The molecule has 0 amide bonds. The number of hydrogen-bond donors (Lipinski definition) is 1. The molecule has 0 saturated carbocycles. The van der Waals surface area contributed by atoms with E-state index in [9.17, 15) is 19.5 Å². The summed E-state index contributed by atoms with van der Waals surface area (Å²) in [6, 6.07) is 23.5. The first kappa shape index (κ1) is 34.7. The molecule has 0 heterocycles. The van der Waals surface area contributed by atoms with Crippen LogP contribution in [0.1, 0.15) is 66.2 Å². The van der Waals surface area contributed by atoms with Crippen LogP contribution < -0.4 is 18.9 Å². The average molecular weight is 641 g/mol. The first-order chi connectivity index (χ1) is 22.8. The van der Waals surface area contributed by atoms with Gasteiger partial charge in [0, 0.05) is 6.08 Å². The molecule has 0 radical (unpaired) electrons. The quantitative estimate of drug-likeness (QED) is 0.0511. The van der Waals surface area contributed by atoms with Gasteiger partial charge in [0.15, 0.2) is 0 Å². The number of carbonyl (C=O) groups excluding carboxylic acids is 3. The van der Waals surface area contributed by atoms with Crippen molar-refractivity contribution >= 4 is 28.7 Å². The molecule has 246 valence electrons. The summed E-state index contributed by atoms with van der Waals surface area (Å²) in [6.45, 7) is 5.82. The van der Waals surface area contributed by atoms with Crippen LogP contribution >= 0.6 is 0 Å². The number of benzene rings is 4. The molecule has 4 rings (SSSR count). The highest BCUT2D eigenvalue weighted by Gasteiger charge is 2.13. The second-order valence-electron chi connectivity index (χ2n) is 10.9. The number of ether oxygens (including phenoxy) is 5. The fraction of sp³-hybridized carbons (Fsp3) is 0.289. The normalized spacial score (nSPS) is 11.4. The smallest absolute Gasteiger partial charge is 0.343 e. The molecule has 0 aromatic heterocycles. The predicted octanol–water partition coefficient (Wildman–Crippen LogP) is 7.49. The minimum Gasteiger partial charge on any atom is -0.494 e. The lowest BCUT2D eigenvalue weighted by atomic mass is 10.1. The minimum absolute atomic E-state index is 0.103. The van der Waals surface area contributed by atoms with E-state index in [1.165, 1.54) is 25.7 Å². The zero-order valence-corrected chi connectivity index (χ0v) is 26.5. The lowest BCUT2D eigenvalue weighted by Gasteiger charge is -2.12. The van der Waals surface area contributed by atoms with Crippen LogP contribution in [0.4, 0.5) is 0 Å². The molecule has 0 aliphatic heterocycles. The van der Waals surface area contributed by atoms with Gasteiger partial charge in [0.2, 0.25) is 0 Å². The van der Waals surface area contributed by atoms with Crippen LogP contribution in [0.2, 0.25) is 0 Å². The van der Waals surface area contributed by atoms with Gasteiger partial charge in [-0.15, -0.1) is 0 Å². The summed E-state index contributed by atoms with van der Waals surface area (Å²) in [6.07, 6.45) is 7.17. The van der Waals surface area contributed by atoms with Crippen molar-refractivity contribution in [3.8, 4) is 23.0 Å². The zero-order chi connectivity index (χ0) is 33.4. The van der Waals surface area contributed by atoms with E-state index in [-0.39, 0.29) is 13.2 Å². The molecular weight excluding hydrogens is 600 g/mol. The Bertz CT molecular complexity index is 1630. The Kier molecular flexibility index (Phi) is 13.4. The highest BCUT2D eigenvalue weighted by Crippen LogP contribution is 2.27. The number of rotatable bonds is 18. The molecule has 0 bridgehead atoms. The van der Waals surface area contributed by atoms with E-state index in [1.807, 2.05) is 0 Å². The van der Waals surface area contributed by atoms with Crippen LogP contribution in [0.15, 0.2) is 97.6 Å². The standard InChI is InChI=1S/C38H40O9/c1-3-5-6-7-8-9-22-43-32-16-10-27(11-17-32)37(41)46-34-20-14-30-24-35(21-15-29(30)23-34)47-38(42)28-12-18-33(19-13-28)44-25-31(39)26-45-36(40)4-2/h4,10-21,23-24,31,39H,2-3,5-9,22,25-26H2,1H3. The first-order valence-electron chi connectivity index (χ1n) is 15.8. The van der Waals surface area contributed by atoms with Crippen molar-refractivity contribution < 1.29 is 43.2 Å². The second-order valence-corrected chi connectivity index (χ2v) is 10.9. The van der Waals surface area contributed by atoms with Crippen molar-refractivity contribution in [2.45, 2.75) is 51.6 Å². The summed E-state index contributed by atoms with van der Waals surface area (Å²) in [4.78, 5) is 36.5. The summed E-state index contributed by atoms with van der Waals surface area (Å²) >= 11 is 0. The molecule has 0 spiro atoms. The van der Waals surface area contributed by atoms with Crippen molar-refractivity contribution in [2.75, 3.05) is 19.8 Å². The highest BCUT2D eigenvalue weighted by atomic mass is 16.6. The van der Waals surface area contributed by atoms with Crippen molar-refractivity contribution in [1.82, 2.24) is 0 Å². The van der Waals surface area contributed by atoms with Crippen LogP contribution in [-0.4, -0.2) is 48.9 Å². The van der Waals surface area contributed by atoms with Crippen molar-refractivity contribution in [1.29, 1.82) is 0 Å². The molecule has 9 nitrogen and oxygen atoms in total. The molecule has 0 saturated heterocycles. The van der Waals surface area contributed by atoms with Gasteiger partial charge in [0.25, 0.3) is 0 Å². The topological polar surface area (TPSA) is 118 Å². The lowest BCUT2D eigenvalue weighted by Crippen LogP contribution is -2.24. The molecule has 0 aliphatic rings. The van der Waals surface area contributed by atoms with E-state index in [0.717, 1.165) is 35.4 Å². The van der Waals surface area contributed by atoms with Crippen LogP contribution in [0.3, 0.4) is 0 Å². The van der Waals surface area contributed by atoms with Gasteiger partial charge in [0.1, 0.15) is 42.3 Å². The number of fused-ring (bicyclic) bond motifs is 1. The van der Waals surface area contributed by atoms with E-state index >= 15 is 0 Å². The summed E-state index contributed by atoms with van der Waals surface area (Å²) in [5.41, 5.74) is 0.723. The van der Waals surface area contributed by atoms with Crippen LogP contribution in [0.25, 0.3) is 10.8 Å². The van der Waals surface area contributed by atoms with E-state index in [0.29, 0.717) is 35.0 Å². The van der Waals surface area contributed by atoms with Crippen LogP contribution in [-0.2, 0) is 9.53 Å². The largest absolute Gasteiger partial charge is 0.494 e. The van der Waals surface area contributed by atoms with Crippen LogP contribution in [0.5, 0.6) is 23.0 Å². The molecule has 1 unspecified atom stereocenters. The van der Waals surface area contributed by atoms with Gasteiger partial charge in [0.05, 0.1) is 17.7 Å². The van der Waals surface area contributed by atoms with E-state index in [2.05, 4.69) is 13.5 Å². The molecule has 9 heteroatoms. The Morgan fingerprint density at radius 2 is 1.15 bits per heavy atom. The average Bonchev–Trinajstić information content (AvgIpc) is 3.09. The predicted molar refractivity (Wildman–Crippen MR) is 178 cm³/mol. The third-order valence-corrected chi connectivity index (χ3v) is 7.18. The Balaban J connectivity index is 1.24. The van der Waals surface area contributed by atoms with Gasteiger partial charge < -0.3 is 28.8 Å². The van der Waals surface area contributed by atoms with Crippen molar-refractivity contribution in [3.63, 3.8) is 0 Å². The first-order valence-corrected chi connectivity index (χ1v) is 15.8. The van der Waals surface area contributed by atoms with Crippen LogP contribution in [0, 0.1) is 0 Å². The van der Waals surface area contributed by atoms with Gasteiger partial charge in [-0.25, -0.2) is 14.4 Å². The number of unbranched alkanes of at least 4 members (excludes halogenated alkanes) is 5. The minimum atomic E-state index is -1.02. The molecule has 1 N–H and O–H groups in total. The molecule has 47 heavy (non-hydrogen) atoms. The Labute approximate surface area is 274 Å². The third kappa shape index (κ3) is 11.3. The summed E-state index contributed by atoms with van der Waals surface area (Å²) < 4.78 is 27.2. The Hall–Kier alpha value is -5.15. The number of esters is 3. The third-order valence-electron chi connectivity index (χ3n) is 7.18. The fourth-order valence-electron chi connectivity index (χ4n) is 4.59. The Morgan fingerprint density at radius 3 is 1.68 bits per heavy atom. The molecule has 4 aromatic carbocycles. The molecule has 4 aromatic rings. The van der Waals surface area contributed by atoms with Gasteiger partial charge in [-0.2, -0.15) is 0 Å². The van der Waals surface area contributed by atoms with E-state index in [4.69, 9.17) is 23.7 Å². The SMILES string of the molecule is C=CC(=O)OCC(O)COc1ccc(C(=O)Oc2ccc3cc(OC(=O)c4ccc(OCCCCCCCC)cc4)ccc3c2)cc1. The van der Waals surface area contributed by atoms with E-state index in [1.54, 1.807) is 84.9 Å². The highest BCUT2D eigenvalue weighted by molar-refractivity contribution is 5.94. The number of carbonyl (C=O) groups is 3. The molecular formula is C38H40O9. The monoisotopic (exact) mass is 640 g/mol. The maximum atomic E-state index is 12.7. The second kappa shape index (κ2) is 18.1. The molecule has 0 fully saturated rings. The number of hydrogen-bond acceptors (Lipinski definition) is 9. The van der Waals surface area contributed by atoms with Crippen molar-refractivity contribution in [3.05, 3.63) is 109 Å². The zero-order valence-electron chi connectivity index (χ0n) is 26.5. The maximum absolute atomic E-state index is 12.7. The summed E-state index contributed by atoms with van der Waals surface area (Å²) in [7, 11) is 0. The van der Waals surface area contributed by atoms with Gasteiger partial charge in [-0.1, -0.05) is 57.7 Å². The fourth-order valence-corrected chi connectivity index (χ4v) is 4.59. The number of aliphatic hydroxyl groups excluding tert-OH is 1. The summed E-state index contributed by atoms with van der Waals surface area (Å²) in [5.74, 6) is 0.220. The van der Waals surface area contributed by atoms with Gasteiger partial charge in [-0.05, 0) is 90.0 Å². The maximum Gasteiger partial charge on any atom is 0.343 e. The van der Waals surface area contributed by atoms with E-state index < -0.39 is 24.0 Å². The van der Waals surface area contributed by atoms with Gasteiger partial charge in [-0.3, -0.25) is 0 Å². The molecule has 1 atom stereocenters. The number of aliphatic hydroxyl groups is 1. The molecule has 0 aliphatic carbocycles. The summed E-state index contributed by atoms with van der Waals surface area (Å²) in [5, 5.41) is 11.5. The van der Waals surface area contributed by atoms with Crippen molar-refractivity contribution in [2.24, 2.45) is 0 Å². The lowest BCUT2D eigenvalue weighted by molar-refractivity contribution is -0.141.